The lowest BCUT2D eigenvalue weighted by Crippen LogP contribution is -2.24. The zero-order chi connectivity index (χ0) is 18.9. The Bertz CT molecular complexity index is 1080. The van der Waals surface area contributed by atoms with Crippen LogP contribution in [0.15, 0.2) is 59.6 Å². The maximum Gasteiger partial charge on any atom is 0.270 e. The summed E-state index contributed by atoms with van der Waals surface area (Å²) in [7, 11) is -4.06. The van der Waals surface area contributed by atoms with E-state index in [2.05, 4.69) is 0 Å². The van der Waals surface area contributed by atoms with E-state index in [1.807, 2.05) is 24.3 Å². The van der Waals surface area contributed by atoms with Gasteiger partial charge in [-0.1, -0.05) is 24.3 Å². The molecule has 1 aromatic heterocycles. The molecule has 0 N–H and O–H groups in total. The van der Waals surface area contributed by atoms with Gasteiger partial charge < -0.3 is 0 Å². The molecule has 0 radical (unpaired) electrons. The lowest BCUT2D eigenvalue weighted by Gasteiger charge is -2.14. The quantitative estimate of drug-likeness (QED) is 0.347. The second kappa shape index (κ2) is 7.24. The maximum atomic E-state index is 12.5. The molecule has 3 aromatic rings. The molecule has 26 heavy (non-hydrogen) atoms. The summed E-state index contributed by atoms with van der Waals surface area (Å²) >= 11 is 12.1. The van der Waals surface area contributed by atoms with Gasteiger partial charge in [-0.15, -0.1) is 3.82 Å². The fourth-order valence-corrected chi connectivity index (χ4v) is 4.28. The summed E-state index contributed by atoms with van der Waals surface area (Å²) in [6.07, 6.45) is 2.04. The Labute approximate surface area is 159 Å². The lowest BCUT2D eigenvalue weighted by molar-refractivity contribution is -0.385. The van der Waals surface area contributed by atoms with Crippen LogP contribution in [-0.2, 0) is 16.4 Å². The molecular weight excluding hydrogens is 401 g/mol. The first kappa shape index (κ1) is 18.7. The molecule has 0 spiro atoms. The number of hydrogen-bond donors (Lipinski definition) is 0. The van der Waals surface area contributed by atoms with Gasteiger partial charge in [0.2, 0.25) is 0 Å². The van der Waals surface area contributed by atoms with Gasteiger partial charge in [-0.25, -0.2) is 8.42 Å². The standard InChI is InChI=1S/C16H13Cl2N3O4S/c17-19-11-12(15-6-1-2-7-16(15)19)8-9-20(18)26(24,25)14-5-3-4-13(10-14)21(22)23/h1-7,10-11H,8-9H2. The van der Waals surface area contributed by atoms with Crippen molar-refractivity contribution in [1.29, 1.82) is 0 Å². The van der Waals surface area contributed by atoms with Crippen molar-refractivity contribution in [3.8, 4) is 0 Å². The maximum absolute atomic E-state index is 12.5. The third kappa shape index (κ3) is 3.54. The predicted octanol–water partition coefficient (Wildman–Crippen LogP) is 3.94. The van der Waals surface area contributed by atoms with Crippen LogP contribution in [0.1, 0.15) is 5.56 Å². The number of halogens is 2. The van der Waals surface area contributed by atoms with Crippen LogP contribution in [0.25, 0.3) is 10.9 Å². The van der Waals surface area contributed by atoms with E-state index in [0.717, 1.165) is 22.5 Å². The van der Waals surface area contributed by atoms with Crippen LogP contribution in [0, 0.1) is 10.1 Å². The number of benzene rings is 2. The van der Waals surface area contributed by atoms with E-state index >= 15 is 0 Å². The minimum atomic E-state index is -4.06. The van der Waals surface area contributed by atoms with Gasteiger partial charge in [0.1, 0.15) is 0 Å². The van der Waals surface area contributed by atoms with Crippen molar-refractivity contribution in [3.05, 3.63) is 70.4 Å². The first-order valence-corrected chi connectivity index (χ1v) is 9.60. The molecule has 0 atom stereocenters. The first-order valence-electron chi connectivity index (χ1n) is 7.49. The smallest absolute Gasteiger partial charge is 0.260 e. The van der Waals surface area contributed by atoms with Crippen molar-refractivity contribution in [2.24, 2.45) is 0 Å². The molecule has 10 heteroatoms. The van der Waals surface area contributed by atoms with E-state index in [0.29, 0.717) is 10.2 Å². The second-order valence-electron chi connectivity index (χ2n) is 5.50. The Kier molecular flexibility index (Phi) is 5.19. The van der Waals surface area contributed by atoms with Gasteiger partial charge in [0, 0.05) is 42.0 Å². The average molecular weight is 414 g/mol. The third-order valence-electron chi connectivity index (χ3n) is 3.89. The number of non-ortho nitro benzene ring substituents is 1. The highest BCUT2D eigenvalue weighted by Gasteiger charge is 2.25. The average Bonchev–Trinajstić information content (AvgIpc) is 2.96. The third-order valence-corrected chi connectivity index (χ3v) is 6.44. The minimum Gasteiger partial charge on any atom is -0.260 e. The molecule has 3 rings (SSSR count). The fraction of sp³-hybridized carbons (Fsp3) is 0.125. The number of hydrogen-bond acceptors (Lipinski definition) is 4. The molecular formula is C16H13Cl2N3O4S. The molecule has 0 saturated carbocycles. The summed E-state index contributed by atoms with van der Waals surface area (Å²) in [5.74, 6) is 0. The van der Waals surface area contributed by atoms with E-state index in [1.54, 1.807) is 6.20 Å². The van der Waals surface area contributed by atoms with Crippen LogP contribution in [0.5, 0.6) is 0 Å². The van der Waals surface area contributed by atoms with Crippen LogP contribution in [0.3, 0.4) is 0 Å². The van der Waals surface area contributed by atoms with Gasteiger partial charge in [0.15, 0.2) is 0 Å². The largest absolute Gasteiger partial charge is 0.270 e. The summed E-state index contributed by atoms with van der Waals surface area (Å²) in [5, 5.41) is 11.7. The molecule has 0 amide bonds. The van der Waals surface area contributed by atoms with E-state index < -0.39 is 14.9 Å². The molecule has 0 aliphatic carbocycles. The molecule has 7 nitrogen and oxygen atoms in total. The van der Waals surface area contributed by atoms with Crippen LogP contribution in [0.4, 0.5) is 5.69 Å². The zero-order valence-corrected chi connectivity index (χ0v) is 15.6. The summed E-state index contributed by atoms with van der Waals surface area (Å²) in [6.45, 7) is -0.0164. The van der Waals surface area contributed by atoms with Crippen LogP contribution < -0.4 is 0 Å². The van der Waals surface area contributed by atoms with Gasteiger partial charge in [0.25, 0.3) is 15.7 Å². The number of nitrogens with zero attached hydrogens (tertiary/aromatic N) is 3. The second-order valence-corrected chi connectivity index (χ2v) is 8.34. The number of para-hydroxylation sites is 1. The predicted molar refractivity (Wildman–Crippen MR) is 99.7 cm³/mol. The molecule has 0 saturated heterocycles. The fourth-order valence-electron chi connectivity index (χ4n) is 2.61. The Morgan fingerprint density at radius 2 is 1.88 bits per heavy atom. The summed E-state index contributed by atoms with van der Waals surface area (Å²) < 4.78 is 27.2. The van der Waals surface area contributed by atoms with Crippen molar-refractivity contribution in [2.45, 2.75) is 11.3 Å². The highest BCUT2D eigenvalue weighted by atomic mass is 35.5. The van der Waals surface area contributed by atoms with Crippen molar-refractivity contribution in [1.82, 2.24) is 7.91 Å². The van der Waals surface area contributed by atoms with Crippen LogP contribution in [0.2, 0.25) is 0 Å². The van der Waals surface area contributed by atoms with E-state index in [9.17, 15) is 18.5 Å². The molecule has 0 bridgehead atoms. The molecule has 0 unspecified atom stereocenters. The monoisotopic (exact) mass is 413 g/mol. The van der Waals surface area contributed by atoms with Gasteiger partial charge in [-0.3, -0.25) is 14.2 Å². The zero-order valence-electron chi connectivity index (χ0n) is 13.2. The van der Waals surface area contributed by atoms with E-state index in [1.165, 1.54) is 22.3 Å². The van der Waals surface area contributed by atoms with Crippen molar-refractivity contribution in [3.63, 3.8) is 0 Å². The van der Waals surface area contributed by atoms with Gasteiger partial charge in [-0.2, -0.15) is 0 Å². The Morgan fingerprint density at radius 1 is 1.15 bits per heavy atom. The highest BCUT2D eigenvalue weighted by Crippen LogP contribution is 2.25. The van der Waals surface area contributed by atoms with Crippen molar-refractivity contribution < 1.29 is 13.3 Å². The van der Waals surface area contributed by atoms with Crippen molar-refractivity contribution >= 4 is 50.2 Å². The normalized spacial score (nSPS) is 12.0. The SMILES string of the molecule is O=[N+]([O-])c1cccc(S(=O)(=O)N(Cl)CCc2cn(Cl)c3ccccc23)c1. The number of nitro benzene ring substituents is 1. The number of fused-ring (bicyclic) bond motifs is 1. The van der Waals surface area contributed by atoms with Gasteiger partial charge in [-0.05, 0) is 35.9 Å². The molecule has 1 heterocycles. The Hall–Kier alpha value is -2.13. The van der Waals surface area contributed by atoms with Crippen LogP contribution in [-0.4, -0.2) is 27.8 Å². The Morgan fingerprint density at radius 3 is 2.62 bits per heavy atom. The summed E-state index contributed by atoms with van der Waals surface area (Å²) in [6, 6.07) is 12.2. The van der Waals surface area contributed by atoms with E-state index in [4.69, 9.17) is 23.6 Å². The van der Waals surface area contributed by atoms with Crippen LogP contribution >= 0.6 is 23.6 Å². The topological polar surface area (TPSA) is 85.4 Å². The highest BCUT2D eigenvalue weighted by molar-refractivity contribution is 7.90. The molecule has 2 aromatic carbocycles. The minimum absolute atomic E-state index is 0.0164. The number of sulfonamides is 1. The van der Waals surface area contributed by atoms with Gasteiger partial charge >= 0.3 is 0 Å². The Balaban J connectivity index is 1.81. The first-order chi connectivity index (χ1) is 12.3. The lowest BCUT2D eigenvalue weighted by atomic mass is 10.1. The molecule has 136 valence electrons. The van der Waals surface area contributed by atoms with E-state index in [-0.39, 0.29) is 17.1 Å². The van der Waals surface area contributed by atoms with Crippen molar-refractivity contribution in [2.75, 3.05) is 6.54 Å². The molecule has 0 aliphatic rings. The summed E-state index contributed by atoms with van der Waals surface area (Å²) in [4.78, 5) is 9.94. The molecule has 0 aliphatic heterocycles. The number of nitro groups is 1. The number of rotatable bonds is 6. The summed E-state index contributed by atoms with van der Waals surface area (Å²) in [5.41, 5.74) is 1.34. The number of aromatic nitrogens is 1. The van der Waals surface area contributed by atoms with Gasteiger partial charge in [0.05, 0.1) is 15.3 Å². The molecule has 0 fully saturated rings.